The number of benzene rings is 3. The number of aromatic nitrogens is 3. The number of rotatable bonds is 28. The van der Waals surface area contributed by atoms with Crippen molar-refractivity contribution in [3.05, 3.63) is 136 Å². The lowest BCUT2D eigenvalue weighted by Crippen LogP contribution is -2.55. The summed E-state index contributed by atoms with van der Waals surface area (Å²) in [5.74, 6) is -2.70. The number of ether oxygens (including phenoxy) is 2. The molecule has 3 aromatic heterocycles. The van der Waals surface area contributed by atoms with E-state index in [-0.39, 0.29) is 75.3 Å². The van der Waals surface area contributed by atoms with Gasteiger partial charge in [0.05, 0.1) is 50.0 Å². The first-order chi connectivity index (χ1) is 47.5. The highest BCUT2D eigenvalue weighted by Crippen LogP contribution is 2.32. The predicted molar refractivity (Wildman–Crippen MR) is 373 cm³/mol. The molecule has 5 fully saturated rings. The van der Waals surface area contributed by atoms with Gasteiger partial charge in [-0.25, -0.2) is 36.2 Å². The molecule has 1 aliphatic carbocycles. The minimum Gasteiger partial charge on any atom is -0.434 e. The van der Waals surface area contributed by atoms with E-state index >= 15 is 0 Å². The van der Waals surface area contributed by atoms with Gasteiger partial charge in [-0.15, -0.1) is 0 Å². The maximum atomic E-state index is 14.4. The van der Waals surface area contributed by atoms with Crippen molar-refractivity contribution in [2.75, 3.05) is 51.8 Å². The minimum absolute atomic E-state index is 0.0688. The number of piperidine rings is 2. The number of carbonyl (C=O) groups excluding carboxylic acids is 6. The average molecular weight is 1440 g/mol. The van der Waals surface area contributed by atoms with Crippen molar-refractivity contribution in [1.82, 2.24) is 55.5 Å². The number of oxazole rings is 2. The van der Waals surface area contributed by atoms with Crippen molar-refractivity contribution in [2.45, 2.75) is 171 Å². The van der Waals surface area contributed by atoms with Gasteiger partial charge in [0.25, 0.3) is 11.8 Å². The maximum Gasteiger partial charge on any atom is 0.268 e. The van der Waals surface area contributed by atoms with Crippen molar-refractivity contribution in [3.63, 3.8) is 0 Å². The van der Waals surface area contributed by atoms with Crippen LogP contribution in [-0.2, 0) is 61.9 Å². The van der Waals surface area contributed by atoms with E-state index in [2.05, 4.69) is 45.7 Å². The van der Waals surface area contributed by atoms with E-state index in [0.717, 1.165) is 113 Å². The Balaban J connectivity index is 0.000000215. The highest BCUT2D eigenvalue weighted by molar-refractivity contribution is 7.89. The van der Waals surface area contributed by atoms with Crippen LogP contribution in [0.3, 0.4) is 0 Å². The van der Waals surface area contributed by atoms with Crippen LogP contribution in [0.25, 0.3) is 22.3 Å². The van der Waals surface area contributed by atoms with E-state index in [1.54, 1.807) is 61.5 Å². The molecule has 0 bridgehead atoms. The summed E-state index contributed by atoms with van der Waals surface area (Å²) in [4.78, 5) is 99.6. The second-order valence-electron chi connectivity index (χ2n) is 26.4. The number of sulfonamides is 2. The van der Waals surface area contributed by atoms with E-state index in [1.807, 2.05) is 36.4 Å². The number of nitrogens with zero attached hydrogens (tertiary/aromatic N) is 5. The van der Waals surface area contributed by atoms with Gasteiger partial charge in [-0.1, -0.05) is 110 Å². The fourth-order valence-electron chi connectivity index (χ4n) is 13.6. The summed E-state index contributed by atoms with van der Waals surface area (Å²) in [5.41, 5.74) is 4.53. The molecule has 6 N–H and O–H groups in total. The molecule has 0 radical (unpaired) electrons. The van der Waals surface area contributed by atoms with Gasteiger partial charge in [-0.05, 0) is 155 Å². The third kappa shape index (κ3) is 21.5. The van der Waals surface area contributed by atoms with Crippen LogP contribution >= 0.6 is 23.2 Å². The first-order valence-corrected chi connectivity index (χ1v) is 38.7. The highest BCUT2D eigenvalue weighted by Gasteiger charge is 2.46. The zero-order chi connectivity index (χ0) is 70.2. The van der Waals surface area contributed by atoms with Crippen molar-refractivity contribution >= 4 is 101 Å². The fourth-order valence-corrected chi connectivity index (χ4v) is 15.3. The minimum atomic E-state index is -3.78. The van der Waals surface area contributed by atoms with E-state index in [1.165, 1.54) is 16.0 Å². The number of amides is 4. The number of nitrogens with one attached hydrogen (secondary N) is 6. The number of fused-ring (bicyclic) bond motifs is 2. The lowest BCUT2D eigenvalue weighted by atomic mass is 9.84. The summed E-state index contributed by atoms with van der Waals surface area (Å²) in [5, 5.41) is 13.6. The van der Waals surface area contributed by atoms with Crippen molar-refractivity contribution in [2.24, 2.45) is 11.8 Å². The fraction of sp³-hybridized carbons (Fsp3) is 0.529. The molecule has 3 aromatic carbocycles. The molecule has 4 saturated heterocycles. The van der Waals surface area contributed by atoms with E-state index in [9.17, 15) is 45.6 Å². The number of Topliss-reactive ketones (excluding diaryl/α,β-unsaturated/α-hetero) is 2. The van der Waals surface area contributed by atoms with Crippen LogP contribution < -0.4 is 30.7 Å². The lowest BCUT2D eigenvalue weighted by molar-refractivity contribution is -0.140. The Labute approximate surface area is 587 Å². The Bertz CT molecular complexity index is 3960. The largest absolute Gasteiger partial charge is 0.434 e. The number of pyridine rings is 1. The van der Waals surface area contributed by atoms with Crippen LogP contribution in [-0.4, -0.2) is 177 Å². The van der Waals surface area contributed by atoms with Crippen LogP contribution in [0.5, 0.6) is 0 Å². The molecule has 4 aliphatic heterocycles. The van der Waals surface area contributed by atoms with Crippen LogP contribution in [0, 0.1) is 11.8 Å². The standard InChI is InChI=1S/C38H48ClN5O7S.C32H41ClN6O7S/c1-52(48,49)43-31(16-13-25-17-19-40-20-18-25)38(47)44-23-29(50-24-27-11-14-28(39)15-12-27)22-33(44)36(46)41-32(21-26-7-3-2-4-8-26)35(45)37-42-30-9-5-6-10-34(30)51-37;1-3-24(28(40)31-37-29-27(46-31)5-4-14-35-29)36-30(41)26-17-23(45-19-21-6-9-22(33)10-7-21)18-39(26)32(42)25(38-47(2,43)44)11-8-20-12-15-34-16-13-20/h5-6,9-15,26,29,31-33,40,43H,2-4,7-8,16-24H2,1H3,(H,41,46);4-7,9-10,14,20,23-26,34,38H,3,8,11-13,15-19H2,1-2H3,(H,36,41)/t29-,31-,32+,33+;23-,24+,25-,26+/m11/s1. The number of hydrogen-bond donors (Lipinski definition) is 6. The Morgan fingerprint density at radius 2 is 1.15 bits per heavy atom. The van der Waals surface area contributed by atoms with Gasteiger partial charge in [-0.3, -0.25) is 28.8 Å². The zero-order valence-electron chi connectivity index (χ0n) is 56.0. The molecule has 5 aliphatic rings. The van der Waals surface area contributed by atoms with Gasteiger partial charge in [0.1, 0.15) is 29.7 Å². The first kappa shape index (κ1) is 74.6. The van der Waals surface area contributed by atoms with Gasteiger partial charge in [0.2, 0.25) is 55.2 Å². The van der Waals surface area contributed by atoms with Gasteiger partial charge in [0.15, 0.2) is 16.8 Å². The molecule has 29 heteroatoms. The number of likely N-dealkylation sites (tertiary alicyclic amines) is 2. The van der Waals surface area contributed by atoms with E-state index in [0.29, 0.717) is 51.9 Å². The molecule has 0 unspecified atom stereocenters. The summed E-state index contributed by atoms with van der Waals surface area (Å²) in [6.45, 7) is 5.71. The molecule has 6 aromatic rings. The second-order valence-corrected chi connectivity index (χ2v) is 30.9. The van der Waals surface area contributed by atoms with E-state index in [4.69, 9.17) is 41.5 Å². The number of halogens is 2. The molecular weight excluding hydrogens is 1350 g/mol. The lowest BCUT2D eigenvalue weighted by Gasteiger charge is -2.30. The molecule has 11 rings (SSSR count). The number of carbonyl (C=O) groups is 6. The molecule has 8 atom stereocenters. The summed E-state index contributed by atoms with van der Waals surface area (Å²) in [6.07, 6.45) is 15.2. The normalized spacial score (nSPS) is 20.8. The SMILES string of the molecule is CC[C@H](NC(=O)[C@@H]1C[C@@H](OCc2ccc(Cl)cc2)CN1C(=O)[C@@H](CCC1CCNCC1)NS(C)(=O)=O)C(=O)c1nc2ncccc2o1.CS(=O)(=O)N[C@H](CC=C1CCNCC1)C(=O)N1C[C@H](OCc2ccc(Cl)cc2)C[C@H]1C(=O)N[C@@H](CC1CCCCC1)C(=O)c1nc2ccccc2o1. The molecule has 0 spiro atoms. The Hall–Kier alpha value is -7.05. The summed E-state index contributed by atoms with van der Waals surface area (Å²) < 4.78 is 78.6. The third-order valence-corrected chi connectivity index (χ3v) is 20.8. The van der Waals surface area contributed by atoms with Crippen molar-refractivity contribution < 1.29 is 63.9 Å². The first-order valence-electron chi connectivity index (χ1n) is 34.2. The number of para-hydroxylation sites is 2. The van der Waals surface area contributed by atoms with Gasteiger partial charge in [0, 0.05) is 42.2 Å². The molecule has 99 heavy (non-hydrogen) atoms. The smallest absolute Gasteiger partial charge is 0.268 e. The van der Waals surface area contributed by atoms with Crippen LogP contribution in [0.4, 0.5) is 0 Å². The quantitative estimate of drug-likeness (QED) is 0.0202. The summed E-state index contributed by atoms with van der Waals surface area (Å²) in [6, 6.07) is 18.7. The molecular formula is C70H89Cl2N11O14S2. The number of ketones is 2. The Morgan fingerprint density at radius 1 is 0.626 bits per heavy atom. The molecule has 25 nitrogen and oxygen atoms in total. The average Bonchev–Trinajstić information content (AvgIpc) is 1.69. The third-order valence-electron chi connectivity index (χ3n) is 18.9. The van der Waals surface area contributed by atoms with Crippen LogP contribution in [0.15, 0.2) is 112 Å². The monoisotopic (exact) mass is 1440 g/mol. The van der Waals surface area contributed by atoms with Crippen LogP contribution in [0.2, 0.25) is 10.0 Å². The Morgan fingerprint density at radius 3 is 1.73 bits per heavy atom. The topological polar surface area (TPSA) is 333 Å². The number of hydrogen-bond acceptors (Lipinski definition) is 19. The predicted octanol–water partition coefficient (Wildman–Crippen LogP) is 7.76. The van der Waals surface area contributed by atoms with Crippen molar-refractivity contribution in [1.29, 1.82) is 0 Å². The molecule has 1 saturated carbocycles. The van der Waals surface area contributed by atoms with E-state index < -0.39 is 104 Å². The van der Waals surface area contributed by atoms with Gasteiger partial charge < -0.3 is 49.4 Å². The summed E-state index contributed by atoms with van der Waals surface area (Å²) >= 11 is 12.1. The van der Waals surface area contributed by atoms with Crippen LogP contribution in [0.1, 0.15) is 142 Å². The van der Waals surface area contributed by atoms with Gasteiger partial charge in [-0.2, -0.15) is 4.98 Å². The highest BCUT2D eigenvalue weighted by atomic mass is 35.5. The Kier molecular flexibility index (Phi) is 26.4. The molecule has 534 valence electrons. The zero-order valence-corrected chi connectivity index (χ0v) is 59.2. The molecule has 4 amide bonds. The molecule has 7 heterocycles. The maximum absolute atomic E-state index is 14.4. The second kappa shape index (κ2) is 35.0. The van der Waals surface area contributed by atoms with Crippen molar-refractivity contribution in [3.8, 4) is 0 Å². The summed E-state index contributed by atoms with van der Waals surface area (Å²) in [7, 11) is -7.53. The van der Waals surface area contributed by atoms with Gasteiger partial charge >= 0.3 is 0 Å².